The minimum Gasteiger partial charge on any atom is -0.493 e. The van der Waals surface area contributed by atoms with Crippen LogP contribution in [0.5, 0.6) is 11.6 Å². The monoisotopic (exact) mass is 817 g/mol. The maximum absolute atomic E-state index is 14.9. The van der Waals surface area contributed by atoms with Crippen LogP contribution in [0.3, 0.4) is 0 Å². The van der Waals surface area contributed by atoms with Crippen LogP contribution >= 0.6 is 0 Å². The summed E-state index contributed by atoms with van der Waals surface area (Å²) in [5.41, 5.74) is -0.121. The highest BCUT2D eigenvalue weighted by atomic mass is 32.2. The lowest BCUT2D eigenvalue weighted by Gasteiger charge is -2.32. The van der Waals surface area contributed by atoms with Crippen molar-refractivity contribution in [3.8, 4) is 11.6 Å². The van der Waals surface area contributed by atoms with Gasteiger partial charge in [0.2, 0.25) is 27.7 Å². The summed E-state index contributed by atoms with van der Waals surface area (Å²) in [5, 5.41) is 6.03. The van der Waals surface area contributed by atoms with Crippen LogP contribution in [0.1, 0.15) is 96.0 Å². The largest absolute Gasteiger partial charge is 0.493 e. The molecule has 1 aromatic carbocycles. The Morgan fingerprint density at radius 1 is 1.03 bits per heavy atom. The molecule has 312 valence electrons. The van der Waals surface area contributed by atoms with E-state index in [0.29, 0.717) is 43.0 Å². The van der Waals surface area contributed by atoms with Gasteiger partial charge in [0.25, 0.3) is 5.91 Å². The number of nitrogens with one attached hydrogen (secondary N) is 3. The minimum absolute atomic E-state index is 0.00450. The fourth-order valence-electron chi connectivity index (χ4n) is 9.60. The summed E-state index contributed by atoms with van der Waals surface area (Å²) in [4.78, 5) is 63.2. The Morgan fingerprint density at radius 2 is 1.81 bits per heavy atom. The number of ether oxygens (including phenoxy) is 3. The predicted octanol–water partition coefficient (Wildman–Crippen LogP) is 5.00. The lowest BCUT2D eigenvalue weighted by atomic mass is 9.96. The Kier molecular flexibility index (Phi) is 11.4. The van der Waals surface area contributed by atoms with Crippen molar-refractivity contribution >= 4 is 44.7 Å². The Morgan fingerprint density at radius 3 is 2.55 bits per heavy atom. The van der Waals surface area contributed by atoms with Gasteiger partial charge < -0.3 is 29.7 Å². The topological polar surface area (TPSA) is 182 Å². The molecule has 4 amide bonds. The molecule has 8 rings (SSSR count). The SMILES string of the molecule is C=CC1CC1(NC(=O)C1CC2CN1C(=O)C(C1CCCC1)NC(=O)OC1CCCC1CCC=CCc1c(nc3ccccc3c1OCC)O2)C(=O)NS(=O)(=O)C1CC1. The van der Waals surface area contributed by atoms with Gasteiger partial charge in [-0.3, -0.25) is 19.1 Å². The Bertz CT molecular complexity index is 2080. The Balaban J connectivity index is 1.16. The van der Waals surface area contributed by atoms with Gasteiger partial charge in [-0.25, -0.2) is 18.2 Å². The fourth-order valence-corrected chi connectivity index (χ4v) is 11.0. The number of benzene rings is 1. The molecule has 2 aliphatic heterocycles. The molecule has 6 aliphatic rings. The quantitative estimate of drug-likeness (QED) is 0.292. The lowest BCUT2D eigenvalue weighted by Crippen LogP contribution is -2.59. The molecule has 3 heterocycles. The number of allylic oxidation sites excluding steroid dienone is 2. The zero-order valence-corrected chi connectivity index (χ0v) is 34.0. The molecule has 14 nitrogen and oxygen atoms in total. The summed E-state index contributed by atoms with van der Waals surface area (Å²) in [5.74, 6) is -1.37. The summed E-state index contributed by atoms with van der Waals surface area (Å²) >= 11 is 0. The number of hydrogen-bond donors (Lipinski definition) is 3. The van der Waals surface area contributed by atoms with Gasteiger partial charge in [-0.2, -0.15) is 0 Å². The van der Waals surface area contributed by atoms with E-state index in [0.717, 1.165) is 68.7 Å². The number of amides is 4. The Labute approximate surface area is 339 Å². The number of para-hydroxylation sites is 1. The number of aromatic nitrogens is 1. The first-order valence-corrected chi connectivity index (χ1v) is 22.7. The first-order chi connectivity index (χ1) is 28.0. The number of fused-ring (bicyclic) bond motifs is 5. The van der Waals surface area contributed by atoms with Crippen molar-refractivity contribution in [2.24, 2.45) is 17.8 Å². The number of hydrogen-bond acceptors (Lipinski definition) is 10. The van der Waals surface area contributed by atoms with E-state index in [2.05, 4.69) is 34.1 Å². The second-order valence-corrected chi connectivity index (χ2v) is 18.9. The van der Waals surface area contributed by atoms with Crippen molar-refractivity contribution in [2.75, 3.05) is 13.2 Å². The van der Waals surface area contributed by atoms with Gasteiger partial charge in [0, 0.05) is 17.7 Å². The number of sulfonamides is 1. The zero-order chi connectivity index (χ0) is 40.6. The molecule has 7 unspecified atom stereocenters. The number of alkyl carbamates (subject to hydrolysis) is 1. The third-order valence-corrected chi connectivity index (χ3v) is 14.8. The molecule has 1 aromatic heterocycles. The van der Waals surface area contributed by atoms with Crippen molar-refractivity contribution in [3.05, 3.63) is 54.6 Å². The maximum atomic E-state index is 14.9. The highest BCUT2D eigenvalue weighted by molar-refractivity contribution is 7.91. The number of pyridine rings is 1. The molecule has 3 N–H and O–H groups in total. The van der Waals surface area contributed by atoms with Crippen LogP contribution in [0.2, 0.25) is 0 Å². The van der Waals surface area contributed by atoms with Gasteiger partial charge in [-0.1, -0.05) is 43.2 Å². The van der Waals surface area contributed by atoms with Crippen molar-refractivity contribution < 1.29 is 41.8 Å². The third-order valence-electron chi connectivity index (χ3n) is 13.0. The van der Waals surface area contributed by atoms with E-state index in [4.69, 9.17) is 19.2 Å². The second-order valence-electron chi connectivity index (χ2n) is 16.9. The lowest BCUT2D eigenvalue weighted by molar-refractivity contribution is -0.142. The van der Waals surface area contributed by atoms with Crippen LogP contribution in [0, 0.1) is 17.8 Å². The van der Waals surface area contributed by atoms with Crippen molar-refractivity contribution in [2.45, 2.75) is 132 Å². The van der Waals surface area contributed by atoms with Gasteiger partial charge in [0.05, 0.1) is 29.5 Å². The van der Waals surface area contributed by atoms with Crippen molar-refractivity contribution in [3.63, 3.8) is 0 Å². The summed E-state index contributed by atoms with van der Waals surface area (Å²) < 4.78 is 46.9. The van der Waals surface area contributed by atoms with E-state index in [1.807, 2.05) is 31.2 Å². The van der Waals surface area contributed by atoms with Crippen molar-refractivity contribution in [1.29, 1.82) is 0 Å². The molecule has 0 spiro atoms. The standard InChI is InChI=1S/C43H55N5O9S/c1-3-28-24-43(28,41(51)47-58(53,54)30-21-22-30)46-38(49)34-23-29-25-48(34)40(50)36(27-14-8-9-15-27)45-42(52)57-35-20-12-16-26(35)13-6-5-7-18-32-37(55-4-2)31-17-10-11-19-33(31)44-39(32)56-29/h3,5,7,10-11,17,19,26-30,34-36H,1,4,6,8-9,12-16,18,20-25H2,2H3,(H,45,52)(H,46,49)(H,47,51). The molecule has 2 aromatic rings. The number of carbonyl (C=O) groups is 4. The smallest absolute Gasteiger partial charge is 0.408 e. The van der Waals surface area contributed by atoms with Crippen LogP contribution < -0.4 is 24.8 Å². The average Bonchev–Trinajstić information content (AvgIpc) is 3.99. The summed E-state index contributed by atoms with van der Waals surface area (Å²) in [7, 11) is -3.90. The van der Waals surface area contributed by atoms with Crippen LogP contribution in [0.25, 0.3) is 10.9 Å². The summed E-state index contributed by atoms with van der Waals surface area (Å²) in [6, 6.07) is 5.61. The average molecular weight is 818 g/mol. The molecular formula is C43H55N5O9S. The summed E-state index contributed by atoms with van der Waals surface area (Å²) in [6.45, 7) is 6.16. The minimum atomic E-state index is -3.90. The fraction of sp³-hybridized carbons (Fsp3) is 0.605. The van der Waals surface area contributed by atoms with E-state index in [9.17, 15) is 27.6 Å². The molecule has 4 saturated carbocycles. The summed E-state index contributed by atoms with van der Waals surface area (Å²) in [6.07, 6.45) is 13.3. The van der Waals surface area contributed by atoms with Gasteiger partial charge in [0.15, 0.2) is 0 Å². The molecule has 4 aliphatic carbocycles. The van der Waals surface area contributed by atoms with Crippen LogP contribution in [-0.2, 0) is 35.6 Å². The molecule has 2 bridgehead atoms. The van der Waals surface area contributed by atoms with Crippen LogP contribution in [0.15, 0.2) is 49.1 Å². The van der Waals surface area contributed by atoms with Gasteiger partial charge >= 0.3 is 6.09 Å². The molecule has 7 atom stereocenters. The second kappa shape index (κ2) is 16.5. The van der Waals surface area contributed by atoms with E-state index in [1.165, 1.54) is 11.0 Å². The van der Waals surface area contributed by atoms with Gasteiger partial charge in [0.1, 0.15) is 35.6 Å². The molecular weight excluding hydrogens is 763 g/mol. The van der Waals surface area contributed by atoms with Crippen LogP contribution in [-0.4, -0.2) is 90.3 Å². The molecule has 0 radical (unpaired) electrons. The third kappa shape index (κ3) is 8.15. The van der Waals surface area contributed by atoms with E-state index in [-0.39, 0.29) is 37.3 Å². The number of carbonyl (C=O) groups excluding carboxylic acids is 4. The first kappa shape index (κ1) is 40.1. The van der Waals surface area contributed by atoms with E-state index < -0.39 is 68.7 Å². The Hall–Kier alpha value is -4.66. The van der Waals surface area contributed by atoms with Crippen LogP contribution in [0.4, 0.5) is 4.79 Å². The maximum Gasteiger partial charge on any atom is 0.408 e. The van der Waals surface area contributed by atoms with E-state index in [1.54, 1.807) is 0 Å². The first-order valence-electron chi connectivity index (χ1n) is 21.2. The molecule has 5 fully saturated rings. The predicted molar refractivity (Wildman–Crippen MR) is 215 cm³/mol. The normalized spacial score (nSPS) is 30.5. The zero-order valence-electron chi connectivity index (χ0n) is 33.2. The van der Waals surface area contributed by atoms with Gasteiger partial charge in [-0.05, 0) is 102 Å². The van der Waals surface area contributed by atoms with Gasteiger partial charge in [-0.15, -0.1) is 6.58 Å². The molecule has 1 saturated heterocycles. The number of rotatable bonds is 9. The van der Waals surface area contributed by atoms with Crippen molar-refractivity contribution in [1.82, 2.24) is 25.2 Å². The van der Waals surface area contributed by atoms with E-state index >= 15 is 0 Å². The highest BCUT2D eigenvalue weighted by Crippen LogP contribution is 2.46. The highest BCUT2D eigenvalue weighted by Gasteiger charge is 2.62. The molecule has 15 heteroatoms. The number of nitrogens with zero attached hydrogens (tertiary/aromatic N) is 2. The molecule has 58 heavy (non-hydrogen) atoms.